The Bertz CT molecular complexity index is 226. The molecule has 0 aromatic rings. The molecule has 0 saturated carbocycles. The lowest BCUT2D eigenvalue weighted by molar-refractivity contribution is 0.0338. The Morgan fingerprint density at radius 1 is 1.50 bits per heavy atom. The predicted molar refractivity (Wildman–Crippen MR) is 66.7 cm³/mol. The van der Waals surface area contributed by atoms with E-state index in [0.717, 1.165) is 25.7 Å². The number of ether oxygens (including phenoxy) is 1. The van der Waals surface area contributed by atoms with Gasteiger partial charge < -0.3 is 10.1 Å². The first-order valence-corrected chi connectivity index (χ1v) is 6.72. The van der Waals surface area contributed by atoms with Crippen molar-refractivity contribution < 1.29 is 4.74 Å². The molecule has 0 aromatic heterocycles. The number of nitrogens with zero attached hydrogens (tertiary/aromatic N) is 1. The first kappa shape index (κ1) is 12.3. The molecule has 3 unspecified atom stereocenters. The van der Waals surface area contributed by atoms with E-state index >= 15 is 0 Å². The van der Waals surface area contributed by atoms with Crippen LogP contribution in [0.3, 0.4) is 0 Å². The van der Waals surface area contributed by atoms with Gasteiger partial charge in [0.1, 0.15) is 0 Å². The lowest BCUT2D eigenvalue weighted by Gasteiger charge is -2.45. The van der Waals surface area contributed by atoms with Crippen molar-refractivity contribution in [2.24, 2.45) is 5.92 Å². The number of nitrogens with one attached hydrogen (secondary N) is 1. The molecule has 2 aliphatic heterocycles. The summed E-state index contributed by atoms with van der Waals surface area (Å²) in [6.07, 6.45) is 2.48. The Morgan fingerprint density at radius 2 is 2.31 bits per heavy atom. The zero-order valence-electron chi connectivity index (χ0n) is 11.0. The standard InChI is InChI=1S/C13H26N2O/c1-4-14-12-5-7-15(9-11(12)2)13(3)6-8-16-10-13/h11-12,14H,4-10H2,1-3H3. The number of piperidine rings is 1. The van der Waals surface area contributed by atoms with Crippen LogP contribution in [-0.4, -0.2) is 49.3 Å². The lowest BCUT2D eigenvalue weighted by Crippen LogP contribution is -2.56. The van der Waals surface area contributed by atoms with Crippen molar-refractivity contribution in [2.45, 2.75) is 45.2 Å². The highest BCUT2D eigenvalue weighted by Crippen LogP contribution is 2.30. The maximum atomic E-state index is 5.57. The summed E-state index contributed by atoms with van der Waals surface area (Å²) in [5.74, 6) is 0.756. The number of hydrogen-bond donors (Lipinski definition) is 1. The second-order valence-corrected chi connectivity index (χ2v) is 5.68. The van der Waals surface area contributed by atoms with Crippen LogP contribution in [0, 0.1) is 5.92 Å². The third-order valence-corrected chi connectivity index (χ3v) is 4.33. The van der Waals surface area contributed by atoms with E-state index < -0.39 is 0 Å². The van der Waals surface area contributed by atoms with E-state index in [-0.39, 0.29) is 0 Å². The van der Waals surface area contributed by atoms with Gasteiger partial charge in [-0.3, -0.25) is 4.90 Å². The Morgan fingerprint density at radius 3 is 2.88 bits per heavy atom. The van der Waals surface area contributed by atoms with Crippen LogP contribution in [0.1, 0.15) is 33.6 Å². The molecular weight excluding hydrogens is 200 g/mol. The van der Waals surface area contributed by atoms with Gasteiger partial charge in [-0.15, -0.1) is 0 Å². The summed E-state index contributed by atoms with van der Waals surface area (Å²) in [5, 5.41) is 3.60. The average molecular weight is 226 g/mol. The summed E-state index contributed by atoms with van der Waals surface area (Å²) in [6, 6.07) is 0.715. The fourth-order valence-corrected chi connectivity index (χ4v) is 3.11. The van der Waals surface area contributed by atoms with Gasteiger partial charge in [0.05, 0.1) is 6.61 Å². The highest BCUT2D eigenvalue weighted by atomic mass is 16.5. The molecular formula is C13H26N2O. The van der Waals surface area contributed by atoms with Crippen molar-refractivity contribution in [1.29, 1.82) is 0 Å². The number of likely N-dealkylation sites (tertiary alicyclic amines) is 1. The van der Waals surface area contributed by atoms with Gasteiger partial charge in [-0.2, -0.15) is 0 Å². The van der Waals surface area contributed by atoms with E-state index in [2.05, 4.69) is 31.0 Å². The molecule has 3 heteroatoms. The molecule has 3 nitrogen and oxygen atoms in total. The van der Waals surface area contributed by atoms with Crippen LogP contribution in [0.25, 0.3) is 0 Å². The first-order chi connectivity index (χ1) is 7.65. The van der Waals surface area contributed by atoms with Crippen LogP contribution < -0.4 is 5.32 Å². The molecule has 0 aromatic carbocycles. The SMILES string of the molecule is CCNC1CCN(C2(C)CCOC2)CC1C. The molecule has 1 N–H and O–H groups in total. The van der Waals surface area contributed by atoms with Gasteiger partial charge in [0, 0.05) is 31.3 Å². The minimum absolute atomic E-state index is 0.311. The second-order valence-electron chi connectivity index (χ2n) is 5.68. The highest BCUT2D eigenvalue weighted by Gasteiger charge is 2.39. The van der Waals surface area contributed by atoms with Gasteiger partial charge in [-0.1, -0.05) is 13.8 Å². The number of rotatable bonds is 3. The summed E-state index contributed by atoms with van der Waals surface area (Å²) in [6.45, 7) is 12.3. The third kappa shape index (κ3) is 2.41. The summed E-state index contributed by atoms with van der Waals surface area (Å²) in [4.78, 5) is 2.65. The van der Waals surface area contributed by atoms with Crippen LogP contribution in [0.4, 0.5) is 0 Å². The molecule has 3 atom stereocenters. The number of hydrogen-bond acceptors (Lipinski definition) is 3. The highest BCUT2D eigenvalue weighted by molar-refractivity contribution is 4.94. The van der Waals surface area contributed by atoms with E-state index in [1.807, 2.05) is 0 Å². The Kier molecular flexibility index (Phi) is 3.88. The molecule has 94 valence electrons. The van der Waals surface area contributed by atoms with Crippen LogP contribution in [0.2, 0.25) is 0 Å². The van der Waals surface area contributed by atoms with Crippen molar-refractivity contribution in [3.05, 3.63) is 0 Å². The fourth-order valence-electron chi connectivity index (χ4n) is 3.11. The van der Waals surface area contributed by atoms with Crippen LogP contribution in [0.5, 0.6) is 0 Å². The molecule has 2 rings (SSSR count). The lowest BCUT2D eigenvalue weighted by atomic mass is 9.88. The van der Waals surface area contributed by atoms with Crippen LogP contribution >= 0.6 is 0 Å². The fraction of sp³-hybridized carbons (Fsp3) is 1.00. The molecule has 0 aliphatic carbocycles. The van der Waals surface area contributed by atoms with Crippen LogP contribution in [-0.2, 0) is 4.74 Å². The topological polar surface area (TPSA) is 24.5 Å². The molecule has 0 spiro atoms. The van der Waals surface area contributed by atoms with E-state index in [9.17, 15) is 0 Å². The monoisotopic (exact) mass is 226 g/mol. The van der Waals surface area contributed by atoms with E-state index in [0.29, 0.717) is 11.6 Å². The molecule has 2 aliphatic rings. The zero-order chi connectivity index (χ0) is 11.6. The first-order valence-electron chi connectivity index (χ1n) is 6.72. The molecule has 2 heterocycles. The van der Waals surface area contributed by atoms with Gasteiger partial charge in [0.2, 0.25) is 0 Å². The van der Waals surface area contributed by atoms with E-state index in [1.165, 1.54) is 25.9 Å². The Balaban J connectivity index is 1.91. The minimum Gasteiger partial charge on any atom is -0.379 e. The van der Waals surface area contributed by atoms with Crippen molar-refractivity contribution >= 4 is 0 Å². The summed E-state index contributed by atoms with van der Waals surface area (Å²) < 4.78 is 5.57. The molecule has 0 bridgehead atoms. The minimum atomic E-state index is 0.311. The largest absolute Gasteiger partial charge is 0.379 e. The normalized spacial score (nSPS) is 41.4. The maximum Gasteiger partial charge on any atom is 0.0648 e. The quantitative estimate of drug-likeness (QED) is 0.789. The summed E-state index contributed by atoms with van der Waals surface area (Å²) >= 11 is 0. The third-order valence-electron chi connectivity index (χ3n) is 4.33. The van der Waals surface area contributed by atoms with Gasteiger partial charge in [0.25, 0.3) is 0 Å². The zero-order valence-corrected chi connectivity index (χ0v) is 11.0. The smallest absolute Gasteiger partial charge is 0.0648 e. The van der Waals surface area contributed by atoms with Gasteiger partial charge in [-0.05, 0) is 32.2 Å². The Hall–Kier alpha value is -0.120. The van der Waals surface area contributed by atoms with E-state index in [1.54, 1.807) is 0 Å². The van der Waals surface area contributed by atoms with Gasteiger partial charge in [-0.25, -0.2) is 0 Å². The van der Waals surface area contributed by atoms with Crippen molar-refractivity contribution in [3.8, 4) is 0 Å². The Labute approximate surface area is 99.5 Å². The molecule has 16 heavy (non-hydrogen) atoms. The van der Waals surface area contributed by atoms with Gasteiger partial charge >= 0.3 is 0 Å². The van der Waals surface area contributed by atoms with Crippen molar-refractivity contribution in [3.63, 3.8) is 0 Å². The molecule has 2 saturated heterocycles. The molecule has 2 fully saturated rings. The summed E-state index contributed by atoms with van der Waals surface area (Å²) in [7, 11) is 0. The van der Waals surface area contributed by atoms with Crippen LogP contribution in [0.15, 0.2) is 0 Å². The van der Waals surface area contributed by atoms with Crippen molar-refractivity contribution in [2.75, 3.05) is 32.8 Å². The molecule has 0 radical (unpaired) electrons. The molecule has 0 amide bonds. The van der Waals surface area contributed by atoms with Gasteiger partial charge in [0.15, 0.2) is 0 Å². The maximum absolute atomic E-state index is 5.57. The van der Waals surface area contributed by atoms with E-state index in [4.69, 9.17) is 4.74 Å². The predicted octanol–water partition coefficient (Wildman–Crippen LogP) is 1.49. The van der Waals surface area contributed by atoms with Crippen molar-refractivity contribution in [1.82, 2.24) is 10.2 Å². The average Bonchev–Trinajstić information content (AvgIpc) is 2.70. The summed E-state index contributed by atoms with van der Waals surface area (Å²) in [5.41, 5.74) is 0.311. The second kappa shape index (κ2) is 5.03.